The maximum absolute atomic E-state index is 6.28. The molecule has 0 aliphatic heterocycles. The number of hydrogen-bond donors (Lipinski definition) is 1. The Morgan fingerprint density at radius 1 is 1.20 bits per heavy atom. The quantitative estimate of drug-likeness (QED) is 0.865. The van der Waals surface area contributed by atoms with Crippen LogP contribution in [-0.2, 0) is 6.42 Å². The van der Waals surface area contributed by atoms with Gasteiger partial charge in [-0.05, 0) is 42.9 Å². The number of rotatable bonds is 6. The Balaban J connectivity index is 1.92. The number of benzene rings is 1. The van der Waals surface area contributed by atoms with Crippen LogP contribution < -0.4 is 15.2 Å². The molecular weight excluding hydrogens is 250 g/mol. The molecule has 3 nitrogen and oxygen atoms in total. The molecule has 0 spiro atoms. The summed E-state index contributed by atoms with van der Waals surface area (Å²) in [5, 5.41) is 0. The van der Waals surface area contributed by atoms with Gasteiger partial charge in [-0.3, -0.25) is 0 Å². The first-order valence-corrected chi connectivity index (χ1v) is 7.80. The minimum absolute atomic E-state index is 0.130. The summed E-state index contributed by atoms with van der Waals surface area (Å²) in [4.78, 5) is 0. The Kier molecular flexibility index (Phi) is 5.72. The standard InChI is InChI=1S/C17H27NO2/c1-3-13-9-10-16(17(11-13)19-2)20-12-15(18)14-7-5-4-6-8-14/h9-11,14-15H,3-8,12,18H2,1-2H3. The molecule has 1 atom stereocenters. The molecule has 0 aromatic heterocycles. The molecule has 1 aliphatic carbocycles. The van der Waals surface area contributed by atoms with E-state index in [1.165, 1.54) is 37.7 Å². The van der Waals surface area contributed by atoms with Gasteiger partial charge in [-0.15, -0.1) is 0 Å². The van der Waals surface area contributed by atoms with Crippen molar-refractivity contribution in [1.29, 1.82) is 0 Å². The molecule has 1 saturated carbocycles. The number of aryl methyl sites for hydroxylation is 1. The van der Waals surface area contributed by atoms with Crippen molar-refractivity contribution >= 4 is 0 Å². The molecule has 1 aromatic rings. The van der Waals surface area contributed by atoms with Crippen LogP contribution in [0.25, 0.3) is 0 Å². The molecule has 0 radical (unpaired) electrons. The van der Waals surface area contributed by atoms with E-state index in [1.807, 2.05) is 12.1 Å². The summed E-state index contributed by atoms with van der Waals surface area (Å²) in [5.41, 5.74) is 7.53. The summed E-state index contributed by atoms with van der Waals surface area (Å²) in [5.74, 6) is 2.22. The molecule has 2 rings (SSSR count). The highest BCUT2D eigenvalue weighted by Crippen LogP contribution is 2.30. The van der Waals surface area contributed by atoms with Crippen molar-refractivity contribution in [1.82, 2.24) is 0 Å². The lowest BCUT2D eigenvalue weighted by molar-refractivity contribution is 0.208. The van der Waals surface area contributed by atoms with Crippen molar-refractivity contribution in [3.05, 3.63) is 23.8 Å². The van der Waals surface area contributed by atoms with Gasteiger partial charge in [-0.25, -0.2) is 0 Å². The molecule has 1 fully saturated rings. The Morgan fingerprint density at radius 3 is 2.60 bits per heavy atom. The highest BCUT2D eigenvalue weighted by atomic mass is 16.5. The molecule has 1 unspecified atom stereocenters. The zero-order chi connectivity index (χ0) is 14.4. The molecule has 3 heteroatoms. The van der Waals surface area contributed by atoms with Crippen molar-refractivity contribution in [2.75, 3.05) is 13.7 Å². The Hall–Kier alpha value is -1.22. The van der Waals surface area contributed by atoms with E-state index in [0.29, 0.717) is 12.5 Å². The predicted octanol–water partition coefficient (Wildman–Crippen LogP) is 3.54. The maximum atomic E-state index is 6.28. The first kappa shape index (κ1) is 15.2. The summed E-state index contributed by atoms with van der Waals surface area (Å²) in [7, 11) is 1.68. The van der Waals surface area contributed by atoms with Crippen LogP contribution >= 0.6 is 0 Å². The second-order valence-electron chi connectivity index (χ2n) is 5.71. The molecule has 112 valence electrons. The fourth-order valence-electron chi connectivity index (χ4n) is 2.94. The molecule has 0 bridgehead atoms. The topological polar surface area (TPSA) is 44.5 Å². The number of ether oxygens (including phenoxy) is 2. The minimum atomic E-state index is 0.130. The third-order valence-electron chi connectivity index (χ3n) is 4.32. The lowest BCUT2D eigenvalue weighted by Gasteiger charge is -2.27. The van der Waals surface area contributed by atoms with E-state index in [1.54, 1.807) is 7.11 Å². The van der Waals surface area contributed by atoms with E-state index >= 15 is 0 Å². The van der Waals surface area contributed by atoms with E-state index in [4.69, 9.17) is 15.2 Å². The van der Waals surface area contributed by atoms with Crippen molar-refractivity contribution in [2.45, 2.75) is 51.5 Å². The normalized spacial score (nSPS) is 17.8. The summed E-state index contributed by atoms with van der Waals surface area (Å²) in [6, 6.07) is 6.25. The van der Waals surface area contributed by atoms with Gasteiger partial charge in [-0.1, -0.05) is 32.3 Å². The Bertz CT molecular complexity index is 413. The monoisotopic (exact) mass is 277 g/mol. The fourth-order valence-corrected chi connectivity index (χ4v) is 2.94. The zero-order valence-electron chi connectivity index (χ0n) is 12.7. The third-order valence-corrected chi connectivity index (χ3v) is 4.32. The van der Waals surface area contributed by atoms with Crippen molar-refractivity contribution in [2.24, 2.45) is 11.7 Å². The highest BCUT2D eigenvalue weighted by Gasteiger charge is 2.21. The summed E-state index contributed by atoms with van der Waals surface area (Å²) >= 11 is 0. The Morgan fingerprint density at radius 2 is 1.95 bits per heavy atom. The lowest BCUT2D eigenvalue weighted by Crippen LogP contribution is -2.37. The Labute approximate surface area is 122 Å². The van der Waals surface area contributed by atoms with E-state index in [9.17, 15) is 0 Å². The van der Waals surface area contributed by atoms with Crippen LogP contribution in [0.3, 0.4) is 0 Å². The molecule has 0 heterocycles. The molecular formula is C17H27NO2. The van der Waals surface area contributed by atoms with Gasteiger partial charge in [0.1, 0.15) is 6.61 Å². The molecule has 1 aliphatic rings. The van der Waals surface area contributed by atoms with Gasteiger partial charge in [0.05, 0.1) is 7.11 Å². The average molecular weight is 277 g/mol. The molecule has 1 aromatic carbocycles. The third kappa shape index (κ3) is 3.89. The first-order chi connectivity index (χ1) is 9.74. The lowest BCUT2D eigenvalue weighted by atomic mass is 9.84. The van der Waals surface area contributed by atoms with Crippen LogP contribution in [-0.4, -0.2) is 19.8 Å². The fraction of sp³-hybridized carbons (Fsp3) is 0.647. The van der Waals surface area contributed by atoms with Crippen LogP contribution in [0, 0.1) is 5.92 Å². The molecule has 2 N–H and O–H groups in total. The van der Waals surface area contributed by atoms with Gasteiger partial charge in [-0.2, -0.15) is 0 Å². The van der Waals surface area contributed by atoms with Crippen molar-refractivity contribution in [3.8, 4) is 11.5 Å². The highest BCUT2D eigenvalue weighted by molar-refractivity contribution is 5.42. The van der Waals surface area contributed by atoms with Crippen LogP contribution in [0.4, 0.5) is 0 Å². The van der Waals surface area contributed by atoms with Crippen LogP contribution in [0.15, 0.2) is 18.2 Å². The average Bonchev–Trinajstić information content (AvgIpc) is 2.53. The largest absolute Gasteiger partial charge is 0.493 e. The van der Waals surface area contributed by atoms with Gasteiger partial charge >= 0.3 is 0 Å². The first-order valence-electron chi connectivity index (χ1n) is 7.80. The second kappa shape index (κ2) is 7.53. The zero-order valence-corrected chi connectivity index (χ0v) is 12.7. The SMILES string of the molecule is CCc1ccc(OCC(N)C2CCCCC2)c(OC)c1. The van der Waals surface area contributed by atoms with Crippen molar-refractivity contribution in [3.63, 3.8) is 0 Å². The van der Waals surface area contributed by atoms with Gasteiger partial charge < -0.3 is 15.2 Å². The number of methoxy groups -OCH3 is 1. The van der Waals surface area contributed by atoms with Crippen LogP contribution in [0.2, 0.25) is 0 Å². The minimum Gasteiger partial charge on any atom is -0.493 e. The van der Waals surface area contributed by atoms with Crippen LogP contribution in [0.1, 0.15) is 44.6 Å². The van der Waals surface area contributed by atoms with Gasteiger partial charge in [0, 0.05) is 6.04 Å². The van der Waals surface area contributed by atoms with Gasteiger partial charge in [0.15, 0.2) is 11.5 Å². The predicted molar refractivity (Wildman–Crippen MR) is 82.4 cm³/mol. The van der Waals surface area contributed by atoms with Gasteiger partial charge in [0.2, 0.25) is 0 Å². The second-order valence-corrected chi connectivity index (χ2v) is 5.71. The van der Waals surface area contributed by atoms with E-state index in [0.717, 1.165) is 17.9 Å². The summed E-state index contributed by atoms with van der Waals surface area (Å²) < 4.78 is 11.3. The summed E-state index contributed by atoms with van der Waals surface area (Å²) in [6.07, 6.45) is 7.47. The smallest absolute Gasteiger partial charge is 0.161 e. The van der Waals surface area contributed by atoms with E-state index < -0.39 is 0 Å². The molecule has 20 heavy (non-hydrogen) atoms. The van der Waals surface area contributed by atoms with Gasteiger partial charge in [0.25, 0.3) is 0 Å². The van der Waals surface area contributed by atoms with E-state index in [-0.39, 0.29) is 6.04 Å². The van der Waals surface area contributed by atoms with E-state index in [2.05, 4.69) is 13.0 Å². The molecule has 0 saturated heterocycles. The molecule has 0 amide bonds. The van der Waals surface area contributed by atoms with Crippen molar-refractivity contribution < 1.29 is 9.47 Å². The van der Waals surface area contributed by atoms with Crippen LogP contribution in [0.5, 0.6) is 11.5 Å². The summed E-state index contributed by atoms with van der Waals surface area (Å²) in [6.45, 7) is 2.71. The number of hydrogen-bond acceptors (Lipinski definition) is 3. The maximum Gasteiger partial charge on any atom is 0.161 e. The number of nitrogens with two attached hydrogens (primary N) is 1.